The van der Waals surface area contributed by atoms with Gasteiger partial charge in [-0.05, 0) is 25.1 Å². The minimum absolute atomic E-state index is 0.275. The monoisotopic (exact) mass is 243 g/mol. The molecular weight excluding hydrogens is 230 g/mol. The molecule has 0 fully saturated rings. The number of anilines is 1. The van der Waals surface area contributed by atoms with E-state index >= 15 is 0 Å². The zero-order valence-electron chi connectivity index (χ0n) is 10.3. The van der Waals surface area contributed by atoms with Crippen LogP contribution in [0.1, 0.15) is 5.56 Å². The highest BCUT2D eigenvalue weighted by Gasteiger charge is 2.13. The second kappa shape index (κ2) is 4.49. The van der Waals surface area contributed by atoms with E-state index in [1.54, 1.807) is 13.1 Å². The van der Waals surface area contributed by atoms with E-state index in [1.165, 1.54) is 17.0 Å². The third kappa shape index (κ3) is 2.05. The van der Waals surface area contributed by atoms with Crippen LogP contribution in [-0.4, -0.2) is 13.0 Å². The van der Waals surface area contributed by atoms with Crippen molar-refractivity contribution in [3.05, 3.63) is 52.9 Å². The van der Waals surface area contributed by atoms with Crippen molar-refractivity contribution in [3.8, 4) is 0 Å². The van der Waals surface area contributed by atoms with Crippen molar-refractivity contribution >= 4 is 22.6 Å². The molecule has 0 radical (unpaired) electrons. The molecule has 0 saturated carbocycles. The molecule has 0 spiro atoms. The molecule has 0 unspecified atom stereocenters. The first kappa shape index (κ1) is 12.1. The molecule has 0 atom stereocenters. The van der Waals surface area contributed by atoms with E-state index in [9.17, 15) is 9.59 Å². The molecule has 4 heteroatoms. The first-order valence-corrected chi connectivity index (χ1v) is 5.47. The van der Waals surface area contributed by atoms with Crippen molar-refractivity contribution in [1.29, 1.82) is 0 Å². The molecule has 1 heterocycles. The van der Waals surface area contributed by atoms with Gasteiger partial charge >= 0.3 is 5.63 Å². The summed E-state index contributed by atoms with van der Waals surface area (Å²) >= 11 is 0. The minimum Gasteiger partial charge on any atom is -0.423 e. The maximum atomic E-state index is 11.6. The lowest BCUT2D eigenvalue weighted by molar-refractivity contribution is -0.113. The summed E-state index contributed by atoms with van der Waals surface area (Å²) in [5.41, 5.74) is 1.53. The molecule has 18 heavy (non-hydrogen) atoms. The number of hydrogen-bond donors (Lipinski definition) is 0. The molecule has 1 amide bonds. The Morgan fingerprint density at radius 2 is 2.11 bits per heavy atom. The summed E-state index contributed by atoms with van der Waals surface area (Å²) in [6.45, 7) is 5.37. The van der Waals surface area contributed by atoms with E-state index in [2.05, 4.69) is 6.58 Å². The standard InChI is InChI=1S/C14H13NO3/c1-4-13(16)15(3)11-8-14(17)18-12-6-5-9(2)7-10(11)12/h4-8H,1H2,2-3H3. The fraction of sp³-hybridized carbons (Fsp3) is 0.143. The highest BCUT2D eigenvalue weighted by Crippen LogP contribution is 2.25. The van der Waals surface area contributed by atoms with Gasteiger partial charge in [-0.3, -0.25) is 4.79 Å². The van der Waals surface area contributed by atoms with E-state index in [0.717, 1.165) is 10.9 Å². The quantitative estimate of drug-likeness (QED) is 0.600. The fourth-order valence-electron chi connectivity index (χ4n) is 1.79. The SMILES string of the molecule is C=CC(=O)N(C)c1cc(=O)oc2ccc(C)cc12. The van der Waals surface area contributed by atoms with Crippen molar-refractivity contribution in [2.24, 2.45) is 0 Å². The highest BCUT2D eigenvalue weighted by molar-refractivity contribution is 6.06. The predicted octanol–water partition coefficient (Wildman–Crippen LogP) is 2.25. The van der Waals surface area contributed by atoms with Crippen LogP contribution in [0.3, 0.4) is 0 Å². The number of hydrogen-bond acceptors (Lipinski definition) is 3. The molecule has 1 aromatic heterocycles. The van der Waals surface area contributed by atoms with Gasteiger partial charge in [0, 0.05) is 18.5 Å². The van der Waals surface area contributed by atoms with Gasteiger partial charge in [0.1, 0.15) is 5.58 Å². The maximum Gasteiger partial charge on any atom is 0.338 e. The largest absolute Gasteiger partial charge is 0.423 e. The van der Waals surface area contributed by atoms with Gasteiger partial charge in [0.05, 0.1) is 5.69 Å². The number of carbonyl (C=O) groups excluding carboxylic acids is 1. The molecule has 92 valence electrons. The number of likely N-dealkylation sites (N-methyl/N-ethyl adjacent to an activating group) is 1. The smallest absolute Gasteiger partial charge is 0.338 e. The van der Waals surface area contributed by atoms with Crippen LogP contribution >= 0.6 is 0 Å². The van der Waals surface area contributed by atoms with Crippen LogP contribution in [0.2, 0.25) is 0 Å². The van der Waals surface area contributed by atoms with Gasteiger partial charge in [0.2, 0.25) is 5.91 Å². The molecule has 2 aromatic rings. The summed E-state index contributed by atoms with van der Waals surface area (Å²) in [5.74, 6) is -0.275. The third-order valence-corrected chi connectivity index (χ3v) is 2.74. The van der Waals surface area contributed by atoms with Crippen LogP contribution in [0.15, 0.2) is 46.1 Å². The van der Waals surface area contributed by atoms with Crippen molar-refractivity contribution < 1.29 is 9.21 Å². The van der Waals surface area contributed by atoms with Gasteiger partial charge in [-0.2, -0.15) is 0 Å². The van der Waals surface area contributed by atoms with E-state index < -0.39 is 5.63 Å². The predicted molar refractivity (Wildman–Crippen MR) is 70.8 cm³/mol. The van der Waals surface area contributed by atoms with Gasteiger partial charge in [0.25, 0.3) is 0 Å². The molecule has 0 N–H and O–H groups in total. The van der Waals surface area contributed by atoms with Gasteiger partial charge in [0.15, 0.2) is 0 Å². The lowest BCUT2D eigenvalue weighted by atomic mass is 10.1. The molecule has 4 nitrogen and oxygen atoms in total. The summed E-state index contributed by atoms with van der Waals surface area (Å²) in [5, 5.41) is 0.729. The second-order valence-electron chi connectivity index (χ2n) is 4.05. The number of aryl methyl sites for hydroxylation is 1. The number of rotatable bonds is 2. The average Bonchev–Trinajstić information content (AvgIpc) is 2.36. The summed E-state index contributed by atoms with van der Waals surface area (Å²) < 4.78 is 5.10. The Kier molecular flexibility index (Phi) is 3.02. The summed E-state index contributed by atoms with van der Waals surface area (Å²) in [6.07, 6.45) is 1.20. The number of benzene rings is 1. The lowest BCUT2D eigenvalue weighted by Crippen LogP contribution is -2.25. The molecule has 1 aromatic carbocycles. The first-order valence-electron chi connectivity index (χ1n) is 5.47. The van der Waals surface area contributed by atoms with Crippen molar-refractivity contribution in [1.82, 2.24) is 0 Å². The topological polar surface area (TPSA) is 50.5 Å². The Balaban J connectivity index is 2.75. The summed E-state index contributed by atoms with van der Waals surface area (Å²) in [4.78, 5) is 24.5. The summed E-state index contributed by atoms with van der Waals surface area (Å²) in [6, 6.07) is 6.76. The van der Waals surface area contributed by atoms with Crippen LogP contribution < -0.4 is 10.5 Å². The van der Waals surface area contributed by atoms with E-state index in [1.807, 2.05) is 19.1 Å². The number of fused-ring (bicyclic) bond motifs is 1. The Morgan fingerprint density at radius 1 is 1.39 bits per heavy atom. The number of amides is 1. The van der Waals surface area contributed by atoms with Crippen LogP contribution in [0.4, 0.5) is 5.69 Å². The van der Waals surface area contributed by atoms with E-state index in [0.29, 0.717) is 11.3 Å². The lowest BCUT2D eigenvalue weighted by Gasteiger charge is -2.16. The Labute approximate surface area is 104 Å². The molecular formula is C14H13NO3. The van der Waals surface area contributed by atoms with Gasteiger partial charge in [-0.15, -0.1) is 0 Å². The molecule has 0 saturated heterocycles. The van der Waals surface area contributed by atoms with Crippen LogP contribution in [0.5, 0.6) is 0 Å². The minimum atomic E-state index is -0.481. The van der Waals surface area contributed by atoms with Crippen LogP contribution in [0.25, 0.3) is 11.0 Å². The van der Waals surface area contributed by atoms with E-state index in [-0.39, 0.29) is 5.91 Å². The van der Waals surface area contributed by atoms with Gasteiger partial charge < -0.3 is 9.32 Å². The highest BCUT2D eigenvalue weighted by atomic mass is 16.4. The third-order valence-electron chi connectivity index (χ3n) is 2.74. The Bertz CT molecular complexity index is 685. The Morgan fingerprint density at radius 3 is 2.78 bits per heavy atom. The van der Waals surface area contributed by atoms with Crippen LogP contribution in [0, 0.1) is 6.92 Å². The maximum absolute atomic E-state index is 11.6. The van der Waals surface area contributed by atoms with Crippen molar-refractivity contribution in [3.63, 3.8) is 0 Å². The fourth-order valence-corrected chi connectivity index (χ4v) is 1.79. The molecule has 0 aliphatic heterocycles. The van der Waals surface area contributed by atoms with Crippen LogP contribution in [-0.2, 0) is 4.79 Å². The first-order chi connectivity index (χ1) is 8.52. The zero-order chi connectivity index (χ0) is 13.3. The normalized spacial score (nSPS) is 10.3. The van der Waals surface area contributed by atoms with Gasteiger partial charge in [-0.1, -0.05) is 18.2 Å². The number of nitrogens with zero attached hydrogens (tertiary/aromatic N) is 1. The van der Waals surface area contributed by atoms with Gasteiger partial charge in [-0.25, -0.2) is 4.79 Å². The average molecular weight is 243 g/mol. The zero-order valence-corrected chi connectivity index (χ0v) is 10.3. The second-order valence-corrected chi connectivity index (χ2v) is 4.05. The number of carbonyl (C=O) groups is 1. The summed E-state index contributed by atoms with van der Waals surface area (Å²) in [7, 11) is 1.60. The molecule has 0 aliphatic carbocycles. The molecule has 2 rings (SSSR count). The van der Waals surface area contributed by atoms with E-state index in [4.69, 9.17) is 4.42 Å². The van der Waals surface area contributed by atoms with Crippen molar-refractivity contribution in [2.45, 2.75) is 6.92 Å². The molecule has 0 aliphatic rings. The Hall–Kier alpha value is -2.36. The molecule has 0 bridgehead atoms. The van der Waals surface area contributed by atoms with Crippen molar-refractivity contribution in [2.75, 3.05) is 11.9 Å².